The highest BCUT2D eigenvalue weighted by Gasteiger charge is 2.30. The zero-order valence-corrected chi connectivity index (χ0v) is 8.30. The Morgan fingerprint density at radius 1 is 1.25 bits per heavy atom. The van der Waals surface area contributed by atoms with Crippen molar-refractivity contribution in [3.8, 4) is 0 Å². The molecule has 3 heteroatoms. The molecule has 0 radical (unpaired) electrons. The molecule has 0 aromatic rings. The normalized spacial score (nSPS) is 17.5. The topological polar surface area (TPSA) is 66.5 Å². The lowest BCUT2D eigenvalue weighted by Crippen LogP contribution is -2.39. The van der Waals surface area contributed by atoms with Gasteiger partial charge in [-0.05, 0) is 24.8 Å². The highest BCUT2D eigenvalue weighted by Crippen LogP contribution is 2.28. The molecule has 4 N–H and O–H groups in total. The van der Waals surface area contributed by atoms with Gasteiger partial charge >= 0.3 is 0 Å². The Kier molecular flexibility index (Phi) is 4.17. The van der Waals surface area contributed by atoms with Gasteiger partial charge in [0.05, 0.1) is 12.2 Å². The van der Waals surface area contributed by atoms with Gasteiger partial charge in [0.2, 0.25) is 0 Å². The monoisotopic (exact) mass is 175 g/mol. The Bertz CT molecular complexity index is 131. The molecule has 1 unspecified atom stereocenters. The first-order chi connectivity index (χ1) is 5.33. The minimum absolute atomic E-state index is 0.0205. The van der Waals surface area contributed by atoms with E-state index in [1.54, 1.807) is 0 Å². The lowest BCUT2D eigenvalue weighted by Gasteiger charge is -2.32. The van der Waals surface area contributed by atoms with Crippen molar-refractivity contribution in [2.45, 2.75) is 39.2 Å². The Morgan fingerprint density at radius 2 is 1.75 bits per heavy atom. The van der Waals surface area contributed by atoms with E-state index in [1.807, 2.05) is 20.8 Å². The van der Waals surface area contributed by atoms with Crippen LogP contribution < -0.4 is 5.73 Å². The Balaban J connectivity index is 4.14. The summed E-state index contributed by atoms with van der Waals surface area (Å²) >= 11 is 0. The summed E-state index contributed by atoms with van der Waals surface area (Å²) in [6.07, 6.45) is 1.04. The van der Waals surface area contributed by atoms with Crippen molar-refractivity contribution < 1.29 is 10.2 Å². The average molecular weight is 175 g/mol. The second-order valence-corrected chi connectivity index (χ2v) is 4.66. The van der Waals surface area contributed by atoms with Crippen molar-refractivity contribution >= 4 is 0 Å². The molecular formula is C9H21NO2. The zero-order chi connectivity index (χ0) is 9.83. The van der Waals surface area contributed by atoms with Crippen LogP contribution in [-0.4, -0.2) is 29.0 Å². The maximum atomic E-state index is 9.83. The molecule has 0 fully saturated rings. The smallest absolute Gasteiger partial charge is 0.0894 e. The van der Waals surface area contributed by atoms with Gasteiger partial charge < -0.3 is 15.9 Å². The van der Waals surface area contributed by atoms with Crippen molar-refractivity contribution in [2.24, 2.45) is 11.1 Å². The summed E-state index contributed by atoms with van der Waals surface area (Å²) < 4.78 is 0. The van der Waals surface area contributed by atoms with Gasteiger partial charge in [0.1, 0.15) is 0 Å². The van der Waals surface area contributed by atoms with E-state index in [2.05, 4.69) is 0 Å². The maximum Gasteiger partial charge on any atom is 0.0894 e. The SMILES string of the molecule is CC(C)(C)CC(O)(CO)CCN. The van der Waals surface area contributed by atoms with Crippen LogP contribution in [0.1, 0.15) is 33.6 Å². The van der Waals surface area contributed by atoms with E-state index >= 15 is 0 Å². The molecule has 0 spiro atoms. The van der Waals surface area contributed by atoms with Crippen LogP contribution in [-0.2, 0) is 0 Å². The summed E-state index contributed by atoms with van der Waals surface area (Å²) in [4.78, 5) is 0. The average Bonchev–Trinajstić information content (AvgIpc) is 1.84. The van der Waals surface area contributed by atoms with Crippen LogP contribution in [0, 0.1) is 5.41 Å². The van der Waals surface area contributed by atoms with Gasteiger partial charge in [0, 0.05) is 0 Å². The van der Waals surface area contributed by atoms with Crippen LogP contribution in [0.2, 0.25) is 0 Å². The number of nitrogens with two attached hydrogens (primary N) is 1. The number of hydrogen-bond donors (Lipinski definition) is 3. The van der Waals surface area contributed by atoms with E-state index in [1.165, 1.54) is 0 Å². The first-order valence-corrected chi connectivity index (χ1v) is 4.36. The first kappa shape index (κ1) is 11.9. The van der Waals surface area contributed by atoms with E-state index in [-0.39, 0.29) is 12.0 Å². The maximum absolute atomic E-state index is 9.83. The van der Waals surface area contributed by atoms with Crippen LogP contribution in [0.15, 0.2) is 0 Å². The Labute approximate surface area is 74.6 Å². The van der Waals surface area contributed by atoms with Gasteiger partial charge in [-0.25, -0.2) is 0 Å². The van der Waals surface area contributed by atoms with Gasteiger partial charge in [-0.2, -0.15) is 0 Å². The lowest BCUT2D eigenvalue weighted by molar-refractivity contribution is -0.0475. The second kappa shape index (κ2) is 4.21. The van der Waals surface area contributed by atoms with E-state index in [0.717, 1.165) is 0 Å². The highest BCUT2D eigenvalue weighted by molar-refractivity contribution is 4.83. The third kappa shape index (κ3) is 4.70. The van der Waals surface area contributed by atoms with Crippen LogP contribution in [0.5, 0.6) is 0 Å². The van der Waals surface area contributed by atoms with Crippen molar-refractivity contribution in [1.82, 2.24) is 0 Å². The van der Waals surface area contributed by atoms with Gasteiger partial charge in [-0.15, -0.1) is 0 Å². The molecule has 0 rings (SSSR count). The van der Waals surface area contributed by atoms with Crippen molar-refractivity contribution in [3.63, 3.8) is 0 Å². The molecule has 12 heavy (non-hydrogen) atoms. The quantitative estimate of drug-likeness (QED) is 0.582. The largest absolute Gasteiger partial charge is 0.393 e. The summed E-state index contributed by atoms with van der Waals surface area (Å²) in [5.41, 5.74) is 4.37. The summed E-state index contributed by atoms with van der Waals surface area (Å²) in [5.74, 6) is 0. The molecule has 0 bridgehead atoms. The fraction of sp³-hybridized carbons (Fsp3) is 1.00. The van der Waals surface area contributed by atoms with E-state index in [9.17, 15) is 5.11 Å². The number of rotatable bonds is 4. The van der Waals surface area contributed by atoms with Crippen molar-refractivity contribution in [2.75, 3.05) is 13.2 Å². The molecule has 0 aromatic carbocycles. The molecule has 0 saturated heterocycles. The number of aliphatic hydroxyl groups is 2. The molecule has 0 aliphatic carbocycles. The molecule has 0 saturated carbocycles. The van der Waals surface area contributed by atoms with Crippen molar-refractivity contribution in [1.29, 1.82) is 0 Å². The molecule has 0 aromatic heterocycles. The summed E-state index contributed by atoms with van der Waals surface area (Å²) in [7, 11) is 0. The summed E-state index contributed by atoms with van der Waals surface area (Å²) in [5, 5.41) is 18.8. The Hall–Kier alpha value is -0.120. The van der Waals surface area contributed by atoms with Crippen LogP contribution in [0.25, 0.3) is 0 Å². The predicted octanol–water partition coefficient (Wildman–Crippen LogP) is 0.495. The standard InChI is InChI=1S/C9H21NO2/c1-8(2,3)6-9(12,7-11)4-5-10/h11-12H,4-7,10H2,1-3H3. The highest BCUT2D eigenvalue weighted by atomic mass is 16.3. The minimum Gasteiger partial charge on any atom is -0.393 e. The molecule has 1 atom stereocenters. The van der Waals surface area contributed by atoms with Gasteiger partial charge in [0.25, 0.3) is 0 Å². The van der Waals surface area contributed by atoms with E-state index < -0.39 is 5.60 Å². The summed E-state index contributed by atoms with van der Waals surface area (Å²) in [6.45, 7) is 6.30. The molecular weight excluding hydrogens is 154 g/mol. The number of hydrogen-bond acceptors (Lipinski definition) is 3. The molecule has 0 aliphatic heterocycles. The van der Waals surface area contributed by atoms with Crippen molar-refractivity contribution in [3.05, 3.63) is 0 Å². The van der Waals surface area contributed by atoms with Crippen LogP contribution in [0.3, 0.4) is 0 Å². The molecule has 74 valence electrons. The minimum atomic E-state index is -0.993. The fourth-order valence-electron chi connectivity index (χ4n) is 1.48. The molecule has 0 amide bonds. The fourth-order valence-corrected chi connectivity index (χ4v) is 1.48. The van der Waals surface area contributed by atoms with Gasteiger partial charge in [-0.3, -0.25) is 0 Å². The predicted molar refractivity (Wildman–Crippen MR) is 49.8 cm³/mol. The Morgan fingerprint density at radius 3 is 2.00 bits per heavy atom. The first-order valence-electron chi connectivity index (χ1n) is 4.36. The number of aliphatic hydroxyl groups excluding tert-OH is 1. The molecule has 0 aliphatic rings. The lowest BCUT2D eigenvalue weighted by atomic mass is 9.80. The van der Waals surface area contributed by atoms with Crippen LogP contribution >= 0.6 is 0 Å². The second-order valence-electron chi connectivity index (χ2n) is 4.66. The zero-order valence-electron chi connectivity index (χ0n) is 8.30. The molecule has 0 heterocycles. The van der Waals surface area contributed by atoms with Crippen LogP contribution in [0.4, 0.5) is 0 Å². The third-order valence-electron chi connectivity index (χ3n) is 1.76. The van der Waals surface area contributed by atoms with E-state index in [4.69, 9.17) is 10.8 Å². The summed E-state index contributed by atoms with van der Waals surface area (Å²) in [6, 6.07) is 0. The van der Waals surface area contributed by atoms with E-state index in [0.29, 0.717) is 19.4 Å². The van der Waals surface area contributed by atoms with Gasteiger partial charge in [0.15, 0.2) is 0 Å². The third-order valence-corrected chi connectivity index (χ3v) is 1.76. The molecule has 3 nitrogen and oxygen atoms in total. The van der Waals surface area contributed by atoms with Gasteiger partial charge in [-0.1, -0.05) is 20.8 Å².